The third-order valence-electron chi connectivity index (χ3n) is 6.72. The Morgan fingerprint density at radius 3 is 2.53 bits per heavy atom. The summed E-state index contributed by atoms with van der Waals surface area (Å²) in [6, 6.07) is 9.47. The monoisotopic (exact) mass is 530 g/mol. The first kappa shape index (κ1) is 27.4. The van der Waals surface area contributed by atoms with Crippen molar-refractivity contribution in [3.63, 3.8) is 0 Å². The molecule has 2 aromatic heterocycles. The van der Waals surface area contributed by atoms with Crippen molar-refractivity contribution in [1.82, 2.24) is 14.5 Å². The summed E-state index contributed by atoms with van der Waals surface area (Å²) in [7, 11) is 4.79. The van der Waals surface area contributed by atoms with Crippen LogP contribution >= 0.6 is 0 Å². The Morgan fingerprint density at radius 2 is 1.92 bits per heavy atom. The third kappa shape index (κ3) is 5.47. The van der Waals surface area contributed by atoms with Gasteiger partial charge in [-0.25, -0.2) is 9.97 Å². The van der Waals surface area contributed by atoms with Gasteiger partial charge in [0.1, 0.15) is 17.3 Å². The lowest BCUT2D eigenvalue weighted by Gasteiger charge is -2.23. The van der Waals surface area contributed by atoms with Crippen LogP contribution in [0, 0.1) is 0 Å². The second kappa shape index (κ2) is 11.0. The minimum absolute atomic E-state index is 0.0297. The molecule has 3 aromatic rings. The van der Waals surface area contributed by atoms with Gasteiger partial charge in [0.2, 0.25) is 0 Å². The number of rotatable bonds is 8. The first-order valence-electron chi connectivity index (χ1n) is 12.6. The molecule has 3 heterocycles. The lowest BCUT2D eigenvalue weighted by molar-refractivity contribution is -0.137. The number of hydrogen-bond acceptors (Lipinski definition) is 7. The van der Waals surface area contributed by atoms with Gasteiger partial charge in [0, 0.05) is 58.3 Å². The van der Waals surface area contributed by atoms with Crippen molar-refractivity contribution in [1.29, 1.82) is 0 Å². The van der Waals surface area contributed by atoms with Crippen LogP contribution in [0.15, 0.2) is 47.4 Å². The Labute approximate surface area is 220 Å². The number of anilines is 3. The highest BCUT2D eigenvalue weighted by molar-refractivity contribution is 5.68. The minimum Gasteiger partial charge on any atom is -0.378 e. The van der Waals surface area contributed by atoms with Gasteiger partial charge in [-0.3, -0.25) is 9.36 Å². The number of nitrogens with one attached hydrogen (secondary N) is 1. The highest BCUT2D eigenvalue weighted by Crippen LogP contribution is 2.38. The van der Waals surface area contributed by atoms with Crippen LogP contribution in [0.3, 0.4) is 0 Å². The molecule has 204 valence electrons. The van der Waals surface area contributed by atoms with Crippen LogP contribution in [0.25, 0.3) is 11.4 Å². The molecule has 1 saturated heterocycles. The molecule has 0 saturated carbocycles. The molecule has 1 aliphatic heterocycles. The molecule has 0 bridgehead atoms. The van der Waals surface area contributed by atoms with Gasteiger partial charge in [0.25, 0.3) is 5.56 Å². The Kier molecular flexibility index (Phi) is 7.96. The number of aryl methyl sites for hydroxylation is 1. The summed E-state index contributed by atoms with van der Waals surface area (Å²) in [6.07, 6.45) is -2.75. The Morgan fingerprint density at radius 1 is 1.16 bits per heavy atom. The van der Waals surface area contributed by atoms with Gasteiger partial charge in [-0.15, -0.1) is 0 Å². The van der Waals surface area contributed by atoms with Crippen molar-refractivity contribution in [2.45, 2.75) is 38.6 Å². The van der Waals surface area contributed by atoms with Gasteiger partial charge >= 0.3 is 6.18 Å². The van der Waals surface area contributed by atoms with Crippen LogP contribution in [0.1, 0.15) is 25.1 Å². The third-order valence-corrected chi connectivity index (χ3v) is 6.72. The Hall–Kier alpha value is -3.60. The first-order chi connectivity index (χ1) is 18.0. The van der Waals surface area contributed by atoms with Gasteiger partial charge < -0.3 is 19.9 Å². The number of benzene rings is 1. The van der Waals surface area contributed by atoms with Gasteiger partial charge in [-0.2, -0.15) is 13.2 Å². The average Bonchev–Trinajstić information content (AvgIpc) is 3.29. The van der Waals surface area contributed by atoms with Crippen LogP contribution in [0.2, 0.25) is 0 Å². The second-order valence-electron chi connectivity index (χ2n) is 9.43. The number of halogens is 3. The number of aromatic nitrogens is 3. The molecule has 0 radical (unpaired) electrons. The van der Waals surface area contributed by atoms with Gasteiger partial charge in [0.05, 0.1) is 23.4 Å². The first-order valence-corrected chi connectivity index (χ1v) is 12.6. The van der Waals surface area contributed by atoms with Crippen LogP contribution in [-0.2, 0) is 24.4 Å². The van der Waals surface area contributed by atoms with E-state index in [0.29, 0.717) is 37.5 Å². The zero-order chi connectivity index (χ0) is 27.6. The summed E-state index contributed by atoms with van der Waals surface area (Å²) in [5.41, 5.74) is -0.344. The maximum absolute atomic E-state index is 14.1. The highest BCUT2D eigenvalue weighted by atomic mass is 19.4. The molecule has 1 aliphatic rings. The standard InChI is InChI=1S/C27H33F3N6O2/c1-6-20-24(32-21-15-36(16-22(21)38-7-2)23-10-8-9-13-31-23)26(37)35(5)25(33-20)18-12-11-17(34(3)4)14-19(18)27(28,29)30/h8-14,21-22,32H,6-7,15-16H2,1-5H3/t21?,22-/m0/s1. The smallest absolute Gasteiger partial charge is 0.378 e. The lowest BCUT2D eigenvalue weighted by atomic mass is 10.0. The van der Waals surface area contributed by atoms with E-state index in [1.165, 1.54) is 17.7 Å². The van der Waals surface area contributed by atoms with Crippen molar-refractivity contribution in [2.24, 2.45) is 7.05 Å². The van der Waals surface area contributed by atoms with Crippen molar-refractivity contribution in [3.8, 4) is 11.4 Å². The Balaban J connectivity index is 1.74. The molecule has 38 heavy (non-hydrogen) atoms. The largest absolute Gasteiger partial charge is 0.417 e. The average molecular weight is 531 g/mol. The van der Waals surface area contributed by atoms with Gasteiger partial charge in [-0.05, 0) is 43.7 Å². The summed E-state index contributed by atoms with van der Waals surface area (Å²) < 4.78 is 49.3. The summed E-state index contributed by atoms with van der Waals surface area (Å²) >= 11 is 0. The summed E-state index contributed by atoms with van der Waals surface area (Å²) in [6.45, 7) is 5.36. The minimum atomic E-state index is -4.62. The van der Waals surface area contributed by atoms with E-state index < -0.39 is 17.3 Å². The van der Waals surface area contributed by atoms with Gasteiger partial charge in [0.15, 0.2) is 0 Å². The highest BCUT2D eigenvalue weighted by Gasteiger charge is 2.37. The summed E-state index contributed by atoms with van der Waals surface area (Å²) in [4.78, 5) is 26.3. The van der Waals surface area contributed by atoms with Crippen LogP contribution in [0.5, 0.6) is 0 Å². The van der Waals surface area contributed by atoms with E-state index in [0.717, 1.165) is 11.9 Å². The molecule has 1 N–H and O–H groups in total. The van der Waals surface area contributed by atoms with E-state index in [1.807, 2.05) is 32.0 Å². The second-order valence-corrected chi connectivity index (χ2v) is 9.43. The number of ether oxygens (including phenoxy) is 1. The molecule has 0 spiro atoms. The van der Waals surface area contributed by atoms with Crippen LogP contribution < -0.4 is 20.7 Å². The molecule has 1 fully saturated rings. The number of alkyl halides is 3. The number of pyridine rings is 1. The van der Waals surface area contributed by atoms with Crippen molar-refractivity contribution < 1.29 is 17.9 Å². The van der Waals surface area contributed by atoms with Crippen molar-refractivity contribution >= 4 is 17.2 Å². The molecular weight excluding hydrogens is 497 g/mol. The van der Waals surface area contributed by atoms with Crippen molar-refractivity contribution in [3.05, 3.63) is 64.2 Å². The zero-order valence-corrected chi connectivity index (χ0v) is 22.2. The van der Waals surface area contributed by atoms with E-state index in [4.69, 9.17) is 4.74 Å². The summed E-state index contributed by atoms with van der Waals surface area (Å²) in [5, 5.41) is 3.33. The quantitative estimate of drug-likeness (QED) is 0.468. The lowest BCUT2D eigenvalue weighted by Crippen LogP contribution is -2.38. The van der Waals surface area contributed by atoms with E-state index in [1.54, 1.807) is 31.3 Å². The maximum Gasteiger partial charge on any atom is 0.417 e. The fourth-order valence-corrected chi connectivity index (χ4v) is 4.74. The fourth-order valence-electron chi connectivity index (χ4n) is 4.74. The molecule has 1 aromatic carbocycles. The SMILES string of the molecule is CCO[C@H]1CN(c2ccccn2)CC1Nc1c(CC)nc(-c2ccc(N(C)C)cc2C(F)(F)F)n(C)c1=O. The number of nitrogens with zero attached hydrogens (tertiary/aromatic N) is 5. The maximum atomic E-state index is 14.1. The molecule has 11 heteroatoms. The van der Waals surface area contributed by atoms with Crippen LogP contribution in [0.4, 0.5) is 30.4 Å². The molecule has 8 nitrogen and oxygen atoms in total. The van der Waals surface area contributed by atoms with E-state index in [-0.39, 0.29) is 29.2 Å². The normalized spacial score (nSPS) is 17.6. The predicted octanol–water partition coefficient (Wildman–Crippen LogP) is 4.20. The van der Waals surface area contributed by atoms with E-state index >= 15 is 0 Å². The molecular formula is C27H33F3N6O2. The van der Waals surface area contributed by atoms with Gasteiger partial charge in [-0.1, -0.05) is 13.0 Å². The predicted molar refractivity (Wildman–Crippen MR) is 143 cm³/mol. The Bertz CT molecular complexity index is 1330. The van der Waals surface area contributed by atoms with Crippen molar-refractivity contribution in [2.75, 3.05) is 48.9 Å². The van der Waals surface area contributed by atoms with Crippen LogP contribution in [-0.4, -0.2) is 60.5 Å². The topological polar surface area (TPSA) is 75.5 Å². The summed E-state index contributed by atoms with van der Waals surface area (Å²) in [5.74, 6) is 0.775. The molecule has 2 atom stereocenters. The van der Waals surface area contributed by atoms with E-state index in [9.17, 15) is 18.0 Å². The zero-order valence-electron chi connectivity index (χ0n) is 22.2. The number of hydrogen-bond donors (Lipinski definition) is 1. The molecule has 0 aliphatic carbocycles. The fraction of sp³-hybridized carbons (Fsp3) is 0.444. The molecule has 0 amide bonds. The molecule has 4 rings (SSSR count). The van der Waals surface area contributed by atoms with E-state index in [2.05, 4.69) is 20.2 Å². The molecule has 1 unspecified atom stereocenters.